The molecule has 0 atom stereocenters. The quantitative estimate of drug-likeness (QED) is 0.935. The van der Waals surface area contributed by atoms with Crippen molar-refractivity contribution in [2.75, 3.05) is 13.2 Å². The summed E-state index contributed by atoms with van der Waals surface area (Å²) in [6.07, 6.45) is 3.59. The fraction of sp³-hybridized carbons (Fsp3) is 0.400. The van der Waals surface area contributed by atoms with Crippen molar-refractivity contribution in [2.45, 2.75) is 19.4 Å². The number of ether oxygens (including phenoxy) is 1. The van der Waals surface area contributed by atoms with Crippen LogP contribution in [0.25, 0.3) is 10.9 Å². The molecule has 0 spiro atoms. The molecule has 20 heavy (non-hydrogen) atoms. The van der Waals surface area contributed by atoms with E-state index in [2.05, 4.69) is 0 Å². The summed E-state index contributed by atoms with van der Waals surface area (Å²) in [6.45, 7) is 2.18. The van der Waals surface area contributed by atoms with Gasteiger partial charge in [-0.1, -0.05) is 12.1 Å². The van der Waals surface area contributed by atoms with Crippen LogP contribution in [0.3, 0.4) is 0 Å². The van der Waals surface area contributed by atoms with Crippen LogP contribution in [0.5, 0.6) is 0 Å². The summed E-state index contributed by atoms with van der Waals surface area (Å²) in [7, 11) is 0. The topological polar surface area (TPSA) is 57.2 Å². The molecule has 0 saturated carbocycles. The molecule has 1 saturated heterocycles. The highest BCUT2D eigenvalue weighted by Gasteiger charge is 2.19. The van der Waals surface area contributed by atoms with E-state index in [1.807, 2.05) is 4.57 Å². The third kappa shape index (κ3) is 2.29. The van der Waals surface area contributed by atoms with Crippen LogP contribution < -0.4 is 5.73 Å². The Kier molecular flexibility index (Phi) is 3.44. The monoisotopic (exact) mass is 276 g/mol. The van der Waals surface area contributed by atoms with Crippen molar-refractivity contribution in [1.29, 1.82) is 0 Å². The summed E-state index contributed by atoms with van der Waals surface area (Å²) >= 11 is 0. The van der Waals surface area contributed by atoms with Crippen LogP contribution in [0.1, 0.15) is 23.2 Å². The second-order valence-electron chi connectivity index (χ2n) is 5.25. The Morgan fingerprint density at radius 3 is 2.85 bits per heavy atom. The summed E-state index contributed by atoms with van der Waals surface area (Å²) in [5.74, 6) is -0.395. The Labute approximate surface area is 116 Å². The molecule has 4 nitrogen and oxygen atoms in total. The highest BCUT2D eigenvalue weighted by atomic mass is 19.1. The number of primary amides is 1. The molecule has 5 heteroatoms. The Bertz CT molecular complexity index is 645. The first-order chi connectivity index (χ1) is 9.66. The Hall–Kier alpha value is -1.88. The number of benzene rings is 1. The van der Waals surface area contributed by atoms with Crippen molar-refractivity contribution in [2.24, 2.45) is 11.7 Å². The van der Waals surface area contributed by atoms with Crippen LogP contribution >= 0.6 is 0 Å². The minimum Gasteiger partial charge on any atom is -0.381 e. The van der Waals surface area contributed by atoms with Crippen LogP contribution in [0, 0.1) is 11.7 Å². The largest absolute Gasteiger partial charge is 0.381 e. The van der Waals surface area contributed by atoms with Gasteiger partial charge in [-0.15, -0.1) is 0 Å². The molecule has 1 amide bonds. The van der Waals surface area contributed by atoms with Crippen molar-refractivity contribution in [1.82, 2.24) is 4.57 Å². The molecule has 0 radical (unpaired) electrons. The maximum atomic E-state index is 14.1. The van der Waals surface area contributed by atoms with E-state index >= 15 is 0 Å². The van der Waals surface area contributed by atoms with E-state index in [4.69, 9.17) is 10.5 Å². The molecule has 3 rings (SSSR count). The second-order valence-corrected chi connectivity index (χ2v) is 5.25. The summed E-state index contributed by atoms with van der Waals surface area (Å²) in [5.41, 5.74) is 6.23. The number of nitrogens with two attached hydrogens (primary N) is 1. The maximum Gasteiger partial charge on any atom is 0.250 e. The summed E-state index contributed by atoms with van der Waals surface area (Å²) in [5, 5.41) is 0.588. The fourth-order valence-electron chi connectivity index (χ4n) is 2.86. The van der Waals surface area contributed by atoms with Gasteiger partial charge >= 0.3 is 0 Å². The maximum absolute atomic E-state index is 14.1. The number of halogens is 1. The van der Waals surface area contributed by atoms with Gasteiger partial charge in [0.05, 0.1) is 11.1 Å². The molecule has 0 unspecified atom stereocenters. The van der Waals surface area contributed by atoms with Crippen LogP contribution in [0.2, 0.25) is 0 Å². The van der Waals surface area contributed by atoms with E-state index < -0.39 is 5.91 Å². The molecule has 1 fully saturated rings. The van der Waals surface area contributed by atoms with E-state index in [0.717, 1.165) is 26.1 Å². The van der Waals surface area contributed by atoms with Crippen molar-refractivity contribution in [3.8, 4) is 0 Å². The molecule has 1 aliphatic heterocycles. The van der Waals surface area contributed by atoms with Crippen molar-refractivity contribution in [3.63, 3.8) is 0 Å². The van der Waals surface area contributed by atoms with Crippen molar-refractivity contribution >= 4 is 16.8 Å². The lowest BCUT2D eigenvalue weighted by molar-refractivity contribution is 0.0616. The summed E-state index contributed by atoms with van der Waals surface area (Å²) in [4.78, 5) is 11.5. The van der Waals surface area contributed by atoms with Gasteiger partial charge in [0.25, 0.3) is 5.91 Å². The summed E-state index contributed by atoms with van der Waals surface area (Å²) < 4.78 is 21.2. The van der Waals surface area contributed by atoms with Gasteiger partial charge in [0.1, 0.15) is 5.82 Å². The lowest BCUT2D eigenvalue weighted by Crippen LogP contribution is -2.20. The fourth-order valence-corrected chi connectivity index (χ4v) is 2.86. The molecule has 2 heterocycles. The first-order valence-corrected chi connectivity index (χ1v) is 6.81. The average Bonchev–Trinajstić information content (AvgIpc) is 2.80. The number of hydrogen-bond acceptors (Lipinski definition) is 2. The number of amides is 1. The van der Waals surface area contributed by atoms with Crippen LogP contribution in [-0.2, 0) is 11.3 Å². The first kappa shape index (κ1) is 13.1. The number of hydrogen-bond donors (Lipinski definition) is 1. The molecule has 0 aliphatic carbocycles. The Morgan fingerprint density at radius 2 is 2.15 bits per heavy atom. The molecule has 0 bridgehead atoms. The van der Waals surface area contributed by atoms with Crippen LogP contribution in [0.15, 0.2) is 24.4 Å². The highest BCUT2D eigenvalue weighted by Crippen LogP contribution is 2.26. The zero-order valence-electron chi connectivity index (χ0n) is 11.1. The molecular weight excluding hydrogens is 259 g/mol. The third-order valence-electron chi connectivity index (χ3n) is 3.91. The number of aromatic nitrogens is 1. The lowest BCUT2D eigenvalue weighted by Gasteiger charge is -2.22. The van der Waals surface area contributed by atoms with E-state index in [1.54, 1.807) is 18.3 Å². The number of fused-ring (bicyclic) bond motifs is 1. The third-order valence-corrected chi connectivity index (χ3v) is 3.91. The molecule has 2 N–H and O–H groups in total. The molecule has 1 aliphatic rings. The molecule has 1 aromatic carbocycles. The minimum absolute atomic E-state index is 0.318. The van der Waals surface area contributed by atoms with Crippen molar-refractivity contribution < 1.29 is 13.9 Å². The number of nitrogens with zero attached hydrogens (tertiary/aromatic N) is 1. The van der Waals surface area contributed by atoms with Gasteiger partial charge < -0.3 is 15.0 Å². The van der Waals surface area contributed by atoms with Gasteiger partial charge in [-0.05, 0) is 24.8 Å². The summed E-state index contributed by atoms with van der Waals surface area (Å²) in [6, 6.07) is 4.75. The average molecular weight is 276 g/mol. The SMILES string of the molecule is NC(=O)c1cn(CC2CCOCC2)c2c(F)cccc12. The predicted octanol–water partition coefficient (Wildman–Crippen LogP) is 2.31. The van der Waals surface area contributed by atoms with E-state index in [0.29, 0.717) is 28.9 Å². The van der Waals surface area contributed by atoms with Gasteiger partial charge in [-0.25, -0.2) is 4.39 Å². The standard InChI is InChI=1S/C15H17FN2O2/c16-13-3-1-2-11-12(15(17)19)9-18(14(11)13)8-10-4-6-20-7-5-10/h1-3,9-10H,4-8H2,(H2,17,19). The smallest absolute Gasteiger partial charge is 0.250 e. The van der Waals surface area contributed by atoms with Gasteiger partial charge in [-0.2, -0.15) is 0 Å². The number of para-hydroxylation sites is 1. The predicted molar refractivity (Wildman–Crippen MR) is 74.0 cm³/mol. The zero-order chi connectivity index (χ0) is 14.1. The zero-order valence-corrected chi connectivity index (χ0v) is 11.1. The van der Waals surface area contributed by atoms with Crippen LogP contribution in [-0.4, -0.2) is 23.7 Å². The normalized spacial score (nSPS) is 16.6. The molecule has 106 valence electrons. The number of rotatable bonds is 3. The van der Waals surface area contributed by atoms with Gasteiger partial charge in [0, 0.05) is 31.3 Å². The molecule has 2 aromatic rings. The molecular formula is C15H17FN2O2. The number of carbonyl (C=O) groups excluding carboxylic acids is 1. The van der Waals surface area contributed by atoms with E-state index in [9.17, 15) is 9.18 Å². The van der Waals surface area contributed by atoms with Crippen molar-refractivity contribution in [3.05, 3.63) is 35.8 Å². The van der Waals surface area contributed by atoms with E-state index in [-0.39, 0.29) is 5.82 Å². The lowest BCUT2D eigenvalue weighted by atomic mass is 10.0. The Morgan fingerprint density at radius 1 is 1.40 bits per heavy atom. The Balaban J connectivity index is 2.03. The minimum atomic E-state index is -0.522. The number of carbonyl (C=O) groups is 1. The highest BCUT2D eigenvalue weighted by molar-refractivity contribution is 6.06. The van der Waals surface area contributed by atoms with Crippen LogP contribution in [0.4, 0.5) is 4.39 Å². The van der Waals surface area contributed by atoms with Gasteiger partial charge in [-0.3, -0.25) is 4.79 Å². The molecule has 1 aromatic heterocycles. The second kappa shape index (κ2) is 5.25. The van der Waals surface area contributed by atoms with Gasteiger partial charge in [0.2, 0.25) is 0 Å². The van der Waals surface area contributed by atoms with E-state index in [1.165, 1.54) is 6.07 Å². The van der Waals surface area contributed by atoms with Gasteiger partial charge in [0.15, 0.2) is 0 Å². The first-order valence-electron chi connectivity index (χ1n) is 6.81.